The minimum atomic E-state index is -3.60. The summed E-state index contributed by atoms with van der Waals surface area (Å²) in [5.41, 5.74) is 1.46. The summed E-state index contributed by atoms with van der Waals surface area (Å²) in [7, 11) is -3.60. The molecule has 1 aromatic rings. The molecule has 0 unspecified atom stereocenters. The van der Waals surface area contributed by atoms with Gasteiger partial charge in [0.1, 0.15) is 16.7 Å². The van der Waals surface area contributed by atoms with E-state index in [1.165, 1.54) is 6.08 Å². The summed E-state index contributed by atoms with van der Waals surface area (Å²) in [5.74, 6) is 0.202. The molecule has 0 aliphatic rings. The summed E-state index contributed by atoms with van der Waals surface area (Å²) in [6, 6.07) is 5.39. The zero-order valence-electron chi connectivity index (χ0n) is 17.0. The van der Waals surface area contributed by atoms with Gasteiger partial charge in [0.15, 0.2) is 9.84 Å². The molecule has 4 nitrogen and oxygen atoms in total. The first-order valence-electron chi connectivity index (χ1n) is 8.96. The van der Waals surface area contributed by atoms with Crippen LogP contribution in [-0.2, 0) is 20.7 Å². The number of rotatable bonds is 5. The van der Waals surface area contributed by atoms with E-state index in [4.69, 9.17) is 0 Å². The highest BCUT2D eigenvalue weighted by Crippen LogP contribution is 2.40. The summed E-state index contributed by atoms with van der Waals surface area (Å²) in [6.07, 6.45) is 2.70. The third-order valence-electron chi connectivity index (χ3n) is 4.26. The van der Waals surface area contributed by atoms with Gasteiger partial charge in [0.05, 0.1) is 5.75 Å². The van der Waals surface area contributed by atoms with Crippen molar-refractivity contribution in [1.82, 2.24) is 0 Å². The first-order valence-corrected chi connectivity index (χ1v) is 10.6. The number of nitriles is 1. The number of aromatic hydroxyl groups is 1. The van der Waals surface area contributed by atoms with Crippen LogP contribution in [0.4, 0.5) is 0 Å². The number of hydrogen-bond donors (Lipinski definition) is 1. The Morgan fingerprint density at radius 1 is 1.12 bits per heavy atom. The van der Waals surface area contributed by atoms with Gasteiger partial charge >= 0.3 is 0 Å². The molecule has 0 heterocycles. The van der Waals surface area contributed by atoms with Gasteiger partial charge in [0.2, 0.25) is 0 Å². The Hall–Kier alpha value is -1.80. The molecule has 1 rings (SSSR count). The summed E-state index contributed by atoms with van der Waals surface area (Å²) in [5, 5.41) is 20.1. The molecular weight excluding hydrogens is 346 g/mol. The van der Waals surface area contributed by atoms with Crippen molar-refractivity contribution in [3.8, 4) is 11.8 Å². The van der Waals surface area contributed by atoms with Crippen LogP contribution in [-0.4, -0.2) is 19.3 Å². The molecule has 144 valence electrons. The molecule has 0 radical (unpaired) electrons. The number of phenolic OH excluding ortho intramolecular Hbond substituents is 1. The molecule has 0 aliphatic heterocycles. The lowest BCUT2D eigenvalue weighted by Gasteiger charge is -2.28. The Labute approximate surface area is 158 Å². The van der Waals surface area contributed by atoms with Crippen molar-refractivity contribution in [2.75, 3.05) is 5.75 Å². The van der Waals surface area contributed by atoms with E-state index in [9.17, 15) is 18.8 Å². The van der Waals surface area contributed by atoms with Gasteiger partial charge in [0, 0.05) is 11.1 Å². The maximum Gasteiger partial charge on any atom is 0.188 e. The van der Waals surface area contributed by atoms with E-state index < -0.39 is 9.84 Å². The van der Waals surface area contributed by atoms with Gasteiger partial charge in [-0.15, -0.1) is 0 Å². The molecular formula is C21H31NO3S. The lowest BCUT2D eigenvalue weighted by molar-refractivity contribution is 0.423. The highest BCUT2D eigenvalue weighted by atomic mass is 32.2. The van der Waals surface area contributed by atoms with Crippen molar-refractivity contribution in [3.05, 3.63) is 33.7 Å². The monoisotopic (exact) mass is 377 g/mol. The first-order chi connectivity index (χ1) is 11.7. The average molecular weight is 378 g/mol. The van der Waals surface area contributed by atoms with Crippen molar-refractivity contribution in [1.29, 1.82) is 5.26 Å². The quantitative estimate of drug-likeness (QED) is 0.727. The highest BCUT2D eigenvalue weighted by Gasteiger charge is 2.27. The molecule has 0 aliphatic carbocycles. The largest absolute Gasteiger partial charge is 0.507 e. The minimum Gasteiger partial charge on any atom is -0.507 e. The van der Waals surface area contributed by atoms with Gasteiger partial charge in [-0.05, 0) is 41.0 Å². The van der Waals surface area contributed by atoms with Crippen molar-refractivity contribution in [2.45, 2.75) is 72.1 Å². The SMILES string of the molecule is CCCCS(=O)(=O)/C(C#N)=C/c1cc(C(C)(C)C)c(O)c(C(C)(C)C)c1. The fraction of sp³-hybridized carbons (Fsp3) is 0.571. The van der Waals surface area contributed by atoms with Gasteiger partial charge < -0.3 is 5.11 Å². The first kappa shape index (κ1) is 22.2. The van der Waals surface area contributed by atoms with Crippen molar-refractivity contribution >= 4 is 15.9 Å². The second-order valence-electron chi connectivity index (χ2n) is 8.76. The van der Waals surface area contributed by atoms with Crippen LogP contribution in [0.25, 0.3) is 6.08 Å². The van der Waals surface area contributed by atoms with E-state index in [2.05, 4.69) is 0 Å². The maximum atomic E-state index is 12.4. The van der Waals surface area contributed by atoms with Crippen molar-refractivity contribution in [2.24, 2.45) is 0 Å². The summed E-state index contributed by atoms with van der Waals surface area (Å²) in [6.45, 7) is 13.9. The molecule has 26 heavy (non-hydrogen) atoms. The molecule has 0 saturated heterocycles. The van der Waals surface area contributed by atoms with Gasteiger partial charge in [-0.3, -0.25) is 0 Å². The Kier molecular flexibility index (Phi) is 6.70. The van der Waals surface area contributed by atoms with E-state index in [0.29, 0.717) is 12.0 Å². The third-order valence-corrected chi connectivity index (χ3v) is 5.96. The number of nitrogens with zero attached hydrogens (tertiary/aromatic N) is 1. The predicted molar refractivity (Wildman–Crippen MR) is 108 cm³/mol. The Morgan fingerprint density at radius 2 is 1.58 bits per heavy atom. The number of phenols is 1. The summed E-state index contributed by atoms with van der Waals surface area (Å²) >= 11 is 0. The fourth-order valence-corrected chi connectivity index (χ4v) is 4.01. The normalized spacial score (nSPS) is 13.5. The van der Waals surface area contributed by atoms with E-state index >= 15 is 0 Å². The van der Waals surface area contributed by atoms with Gasteiger partial charge in [-0.1, -0.05) is 54.9 Å². The molecule has 1 N–H and O–H groups in total. The van der Waals surface area contributed by atoms with E-state index in [1.807, 2.05) is 54.5 Å². The smallest absolute Gasteiger partial charge is 0.188 e. The summed E-state index contributed by atoms with van der Waals surface area (Å²) in [4.78, 5) is -0.226. The van der Waals surface area contributed by atoms with Crippen LogP contribution in [0, 0.1) is 11.3 Å². The molecule has 5 heteroatoms. The van der Waals surface area contributed by atoms with Crippen LogP contribution < -0.4 is 0 Å². The second-order valence-corrected chi connectivity index (χ2v) is 10.8. The third kappa shape index (κ3) is 5.35. The van der Waals surface area contributed by atoms with E-state index in [-0.39, 0.29) is 27.2 Å². The average Bonchev–Trinajstić information content (AvgIpc) is 2.49. The number of benzene rings is 1. The Balaban J connectivity index is 3.65. The van der Waals surface area contributed by atoms with Crippen LogP contribution >= 0.6 is 0 Å². The molecule has 1 aromatic carbocycles. The zero-order valence-corrected chi connectivity index (χ0v) is 17.8. The van der Waals surface area contributed by atoms with Crippen molar-refractivity contribution < 1.29 is 13.5 Å². The Bertz CT molecular complexity index is 794. The van der Waals surface area contributed by atoms with E-state index in [1.54, 1.807) is 12.1 Å². The second kappa shape index (κ2) is 7.84. The standard InChI is InChI=1S/C21H31NO3S/c1-8-9-10-26(24,25)16(14-22)11-15-12-17(20(2,3)4)19(23)18(13-15)21(5,6)7/h11-13,23H,8-10H2,1-7H3/b16-11+. The molecule has 0 saturated carbocycles. The molecule has 0 spiro atoms. The van der Waals surface area contributed by atoms with Gasteiger partial charge in [0.25, 0.3) is 0 Å². The van der Waals surface area contributed by atoms with E-state index in [0.717, 1.165) is 17.5 Å². The van der Waals surface area contributed by atoms with Crippen LogP contribution in [0.2, 0.25) is 0 Å². The predicted octanol–water partition coefficient (Wildman–Crippen LogP) is 5.07. The lowest BCUT2D eigenvalue weighted by Crippen LogP contribution is -2.17. The van der Waals surface area contributed by atoms with Crippen LogP contribution in [0.15, 0.2) is 17.0 Å². The lowest BCUT2D eigenvalue weighted by atomic mass is 9.78. The topological polar surface area (TPSA) is 78.2 Å². The molecule has 0 bridgehead atoms. The van der Waals surface area contributed by atoms with Crippen LogP contribution in [0.5, 0.6) is 5.75 Å². The minimum absolute atomic E-state index is 0.0285. The van der Waals surface area contributed by atoms with Crippen LogP contribution in [0.1, 0.15) is 78.0 Å². The maximum absolute atomic E-state index is 12.4. The van der Waals surface area contributed by atoms with Gasteiger partial charge in [-0.25, -0.2) is 8.42 Å². The molecule has 0 fully saturated rings. The van der Waals surface area contributed by atoms with Gasteiger partial charge in [-0.2, -0.15) is 5.26 Å². The summed E-state index contributed by atoms with van der Waals surface area (Å²) < 4.78 is 24.8. The molecule has 0 atom stereocenters. The molecule has 0 aromatic heterocycles. The molecule has 0 amide bonds. The van der Waals surface area contributed by atoms with Crippen molar-refractivity contribution in [3.63, 3.8) is 0 Å². The van der Waals surface area contributed by atoms with Crippen LogP contribution in [0.3, 0.4) is 0 Å². The number of allylic oxidation sites excluding steroid dienone is 1. The number of sulfone groups is 1. The fourth-order valence-electron chi connectivity index (χ4n) is 2.67. The Morgan fingerprint density at radius 3 is 1.92 bits per heavy atom. The number of unbranched alkanes of at least 4 members (excludes halogenated alkanes) is 1. The number of hydrogen-bond acceptors (Lipinski definition) is 4. The zero-order chi connectivity index (χ0) is 20.3. The highest BCUT2D eigenvalue weighted by molar-refractivity contribution is 7.95.